The van der Waals surface area contributed by atoms with E-state index in [1.165, 1.54) is 13.3 Å². The van der Waals surface area contributed by atoms with E-state index >= 15 is 0 Å². The van der Waals surface area contributed by atoms with Crippen LogP contribution in [0.2, 0.25) is 0 Å². The van der Waals surface area contributed by atoms with Gasteiger partial charge in [0, 0.05) is 25.3 Å². The van der Waals surface area contributed by atoms with Gasteiger partial charge in [-0.25, -0.2) is 9.78 Å². The van der Waals surface area contributed by atoms with Gasteiger partial charge < -0.3 is 25.4 Å². The lowest BCUT2D eigenvalue weighted by Crippen LogP contribution is -2.45. The third-order valence-corrected chi connectivity index (χ3v) is 4.70. The fraction of sp³-hybridized carbons (Fsp3) is 0.400. The summed E-state index contributed by atoms with van der Waals surface area (Å²) in [5, 5.41) is 3.19. The van der Waals surface area contributed by atoms with Crippen LogP contribution in [-0.2, 0) is 4.74 Å². The van der Waals surface area contributed by atoms with Gasteiger partial charge >= 0.3 is 6.09 Å². The molecule has 2 aromatic rings. The van der Waals surface area contributed by atoms with E-state index in [1.807, 2.05) is 0 Å². The Hall–Kier alpha value is -3.36. The van der Waals surface area contributed by atoms with Crippen LogP contribution in [-0.4, -0.2) is 59.6 Å². The molecule has 1 unspecified atom stereocenters. The second kappa shape index (κ2) is 9.22. The largest absolute Gasteiger partial charge is 0.496 e. The molecule has 0 bridgehead atoms. The molecule has 0 aliphatic carbocycles. The third kappa shape index (κ3) is 4.74. The minimum atomic E-state index is -0.322. The Bertz CT molecular complexity index is 889. The first kappa shape index (κ1) is 20.4. The molecular weight excluding hydrogens is 374 g/mol. The van der Waals surface area contributed by atoms with Crippen LogP contribution in [0.25, 0.3) is 0 Å². The first-order valence-electron chi connectivity index (χ1n) is 9.52. The van der Waals surface area contributed by atoms with Crippen molar-refractivity contribution < 1.29 is 19.1 Å². The first-order valence-corrected chi connectivity index (χ1v) is 9.52. The zero-order valence-electron chi connectivity index (χ0n) is 16.6. The fourth-order valence-corrected chi connectivity index (χ4v) is 3.27. The van der Waals surface area contributed by atoms with E-state index in [2.05, 4.69) is 15.3 Å². The summed E-state index contributed by atoms with van der Waals surface area (Å²) in [4.78, 5) is 34.9. The number of carbonyl (C=O) groups excluding carboxylic acids is 2. The third-order valence-electron chi connectivity index (χ3n) is 4.70. The number of nitrogens with two attached hydrogens (primary N) is 1. The van der Waals surface area contributed by atoms with E-state index in [9.17, 15) is 9.59 Å². The van der Waals surface area contributed by atoms with Gasteiger partial charge in [0.2, 0.25) is 11.7 Å². The number of methoxy groups -OCH3 is 1. The second-order valence-corrected chi connectivity index (χ2v) is 6.65. The number of anilines is 2. The standard InChI is InChI=1S/C20H25N5O4/c1-3-29-20(27)25-10-6-7-13(12-25)23-19-22-11-15(18(21)24-19)17(26)14-8-4-5-9-16(14)28-2/h4-5,8-9,11,13H,3,6-7,10,12H2,1-2H3,(H3,21,22,23,24). The van der Waals surface area contributed by atoms with Gasteiger partial charge in [0.05, 0.1) is 24.8 Å². The normalized spacial score (nSPS) is 16.2. The zero-order chi connectivity index (χ0) is 20.8. The Morgan fingerprint density at radius 1 is 1.31 bits per heavy atom. The van der Waals surface area contributed by atoms with Crippen molar-refractivity contribution in [2.24, 2.45) is 0 Å². The van der Waals surface area contributed by atoms with Gasteiger partial charge in [-0.15, -0.1) is 0 Å². The molecule has 9 heteroatoms. The molecule has 1 aromatic carbocycles. The number of para-hydroxylation sites is 1. The highest BCUT2D eigenvalue weighted by Crippen LogP contribution is 2.23. The number of likely N-dealkylation sites (tertiary alicyclic amines) is 1. The van der Waals surface area contributed by atoms with Gasteiger partial charge in [0.1, 0.15) is 11.6 Å². The molecule has 29 heavy (non-hydrogen) atoms. The highest BCUT2D eigenvalue weighted by molar-refractivity contribution is 6.13. The van der Waals surface area contributed by atoms with Gasteiger partial charge in [-0.1, -0.05) is 12.1 Å². The number of hydrogen-bond acceptors (Lipinski definition) is 8. The molecule has 1 aliphatic rings. The van der Waals surface area contributed by atoms with Crippen LogP contribution in [0.15, 0.2) is 30.5 Å². The van der Waals surface area contributed by atoms with E-state index in [-0.39, 0.29) is 29.3 Å². The minimum Gasteiger partial charge on any atom is -0.496 e. The topological polar surface area (TPSA) is 120 Å². The molecule has 1 fully saturated rings. The number of nitrogen functional groups attached to an aromatic ring is 1. The Morgan fingerprint density at radius 2 is 2.10 bits per heavy atom. The number of ketones is 1. The summed E-state index contributed by atoms with van der Waals surface area (Å²) in [6.07, 6.45) is 2.79. The van der Waals surface area contributed by atoms with E-state index in [0.29, 0.717) is 37.0 Å². The van der Waals surface area contributed by atoms with Gasteiger partial charge in [-0.2, -0.15) is 4.98 Å². The fourth-order valence-electron chi connectivity index (χ4n) is 3.27. The zero-order valence-corrected chi connectivity index (χ0v) is 16.6. The maximum absolute atomic E-state index is 12.8. The van der Waals surface area contributed by atoms with Crippen LogP contribution in [0.5, 0.6) is 5.75 Å². The molecule has 1 atom stereocenters. The first-order chi connectivity index (χ1) is 14.0. The molecular formula is C20H25N5O4. The minimum absolute atomic E-state index is 0.0247. The number of nitrogens with one attached hydrogen (secondary N) is 1. The predicted molar refractivity (Wildman–Crippen MR) is 108 cm³/mol. The van der Waals surface area contributed by atoms with Gasteiger partial charge in [-0.3, -0.25) is 4.79 Å². The van der Waals surface area contributed by atoms with Crippen LogP contribution in [0.4, 0.5) is 16.6 Å². The molecule has 3 rings (SSSR count). The highest BCUT2D eigenvalue weighted by atomic mass is 16.6. The molecule has 1 aliphatic heterocycles. The maximum atomic E-state index is 12.8. The average molecular weight is 399 g/mol. The quantitative estimate of drug-likeness (QED) is 0.710. The molecule has 2 heterocycles. The number of ether oxygens (including phenoxy) is 2. The number of aromatic nitrogens is 2. The van der Waals surface area contributed by atoms with Gasteiger partial charge in [0.15, 0.2) is 0 Å². The van der Waals surface area contributed by atoms with Crippen molar-refractivity contribution in [1.82, 2.24) is 14.9 Å². The van der Waals surface area contributed by atoms with Crippen molar-refractivity contribution in [3.8, 4) is 5.75 Å². The Kier molecular flexibility index (Phi) is 6.48. The highest BCUT2D eigenvalue weighted by Gasteiger charge is 2.25. The molecule has 0 saturated carbocycles. The van der Waals surface area contributed by atoms with Gasteiger partial charge in [-0.05, 0) is 31.9 Å². The lowest BCUT2D eigenvalue weighted by Gasteiger charge is -2.32. The number of carbonyl (C=O) groups is 2. The van der Waals surface area contributed by atoms with Crippen LogP contribution >= 0.6 is 0 Å². The predicted octanol–water partition coefficient (Wildman–Crippen LogP) is 2.33. The number of benzene rings is 1. The molecule has 9 nitrogen and oxygen atoms in total. The number of hydrogen-bond donors (Lipinski definition) is 2. The van der Waals surface area contributed by atoms with Crippen molar-refractivity contribution in [3.05, 3.63) is 41.6 Å². The monoisotopic (exact) mass is 399 g/mol. The summed E-state index contributed by atoms with van der Waals surface area (Å²) in [7, 11) is 1.50. The SMILES string of the molecule is CCOC(=O)N1CCCC(Nc2ncc(C(=O)c3ccccc3OC)c(N)n2)C1. The Balaban J connectivity index is 1.71. The molecule has 0 spiro atoms. The molecule has 0 radical (unpaired) electrons. The van der Waals surface area contributed by atoms with Crippen LogP contribution < -0.4 is 15.8 Å². The number of amides is 1. The molecule has 3 N–H and O–H groups in total. The summed E-state index contributed by atoms with van der Waals surface area (Å²) in [5.74, 6) is 0.546. The number of rotatable bonds is 6. The molecule has 1 aromatic heterocycles. The Labute approximate surface area is 169 Å². The summed E-state index contributed by atoms with van der Waals surface area (Å²) < 4.78 is 10.3. The van der Waals surface area contributed by atoms with Crippen molar-refractivity contribution in [2.75, 3.05) is 37.9 Å². The summed E-state index contributed by atoms with van der Waals surface area (Å²) in [5.41, 5.74) is 6.63. The van der Waals surface area contributed by atoms with Crippen molar-refractivity contribution in [2.45, 2.75) is 25.8 Å². The second-order valence-electron chi connectivity index (χ2n) is 6.65. The van der Waals surface area contributed by atoms with Crippen LogP contribution in [0.1, 0.15) is 35.7 Å². The lowest BCUT2D eigenvalue weighted by atomic mass is 10.0. The van der Waals surface area contributed by atoms with Crippen LogP contribution in [0.3, 0.4) is 0 Å². The van der Waals surface area contributed by atoms with Gasteiger partial charge in [0.25, 0.3) is 0 Å². The van der Waals surface area contributed by atoms with Crippen molar-refractivity contribution in [1.29, 1.82) is 0 Å². The van der Waals surface area contributed by atoms with E-state index in [4.69, 9.17) is 15.2 Å². The summed E-state index contributed by atoms with van der Waals surface area (Å²) in [6, 6.07) is 6.88. The summed E-state index contributed by atoms with van der Waals surface area (Å²) >= 11 is 0. The van der Waals surface area contributed by atoms with E-state index < -0.39 is 0 Å². The summed E-state index contributed by atoms with van der Waals surface area (Å²) in [6.45, 7) is 3.27. The molecule has 1 saturated heterocycles. The van der Waals surface area contributed by atoms with Crippen molar-refractivity contribution >= 4 is 23.6 Å². The average Bonchev–Trinajstić information content (AvgIpc) is 2.74. The number of nitrogens with zero attached hydrogens (tertiary/aromatic N) is 3. The van der Waals surface area contributed by atoms with Crippen LogP contribution in [0, 0.1) is 0 Å². The van der Waals surface area contributed by atoms with E-state index in [1.54, 1.807) is 36.1 Å². The lowest BCUT2D eigenvalue weighted by molar-refractivity contribution is 0.0974. The maximum Gasteiger partial charge on any atom is 0.409 e. The molecule has 154 valence electrons. The smallest absolute Gasteiger partial charge is 0.409 e. The van der Waals surface area contributed by atoms with Crippen molar-refractivity contribution in [3.63, 3.8) is 0 Å². The van der Waals surface area contributed by atoms with E-state index in [0.717, 1.165) is 12.8 Å². The Morgan fingerprint density at radius 3 is 2.83 bits per heavy atom. The number of piperidine rings is 1. The molecule has 1 amide bonds.